The van der Waals surface area contributed by atoms with Crippen molar-refractivity contribution >= 4 is 11.9 Å². The highest BCUT2D eigenvalue weighted by atomic mass is 19.3. The van der Waals surface area contributed by atoms with E-state index in [1.165, 1.54) is 0 Å². The number of nitrogens with one attached hydrogen (secondary N) is 1. The number of halogens is 2. The first-order chi connectivity index (χ1) is 11.0. The van der Waals surface area contributed by atoms with Gasteiger partial charge < -0.3 is 15.2 Å². The van der Waals surface area contributed by atoms with E-state index < -0.39 is 42.8 Å². The summed E-state index contributed by atoms with van der Waals surface area (Å²) in [4.78, 5) is 23.4. The molecule has 0 bridgehead atoms. The molecule has 1 fully saturated rings. The lowest BCUT2D eigenvalue weighted by Crippen LogP contribution is -2.46. The van der Waals surface area contributed by atoms with Crippen molar-refractivity contribution in [2.45, 2.75) is 37.8 Å². The number of carboxylic acid groups (broad SMARTS) is 1. The Balaban J connectivity index is 2.10. The van der Waals surface area contributed by atoms with Gasteiger partial charge in [0.05, 0.1) is 12.0 Å². The monoisotopic (exact) mass is 327 g/mol. The molecule has 1 aromatic rings. The average Bonchev–Trinajstić information content (AvgIpc) is 2.54. The second-order valence-electron chi connectivity index (χ2n) is 5.48. The Hall–Kier alpha value is -2.02. The van der Waals surface area contributed by atoms with E-state index in [1.54, 1.807) is 0 Å². The van der Waals surface area contributed by atoms with Gasteiger partial charge in [0.15, 0.2) is 0 Å². The lowest BCUT2D eigenvalue weighted by molar-refractivity contribution is -0.146. The van der Waals surface area contributed by atoms with Crippen molar-refractivity contribution in [3.05, 3.63) is 35.9 Å². The van der Waals surface area contributed by atoms with Crippen molar-refractivity contribution in [3.8, 4) is 0 Å². The van der Waals surface area contributed by atoms with Gasteiger partial charge in [-0.3, -0.25) is 4.79 Å². The highest BCUT2D eigenvalue weighted by Gasteiger charge is 2.35. The molecule has 0 aromatic heterocycles. The standard InChI is InChI=1S/C16H19F2NO4/c17-13(18)9-12(16(21)22)19-15(20)11-7-4-8-23-14(11)10-5-2-1-3-6-10/h1-3,5-6,11-14H,4,7-9H2,(H,19,20)(H,21,22). The van der Waals surface area contributed by atoms with Crippen LogP contribution in [0.1, 0.15) is 30.9 Å². The lowest BCUT2D eigenvalue weighted by Gasteiger charge is -2.32. The molecule has 0 saturated carbocycles. The number of benzene rings is 1. The van der Waals surface area contributed by atoms with E-state index in [0.29, 0.717) is 19.4 Å². The van der Waals surface area contributed by atoms with Gasteiger partial charge in [-0.05, 0) is 18.4 Å². The molecule has 1 heterocycles. The minimum Gasteiger partial charge on any atom is -0.480 e. The summed E-state index contributed by atoms with van der Waals surface area (Å²) >= 11 is 0. The summed E-state index contributed by atoms with van der Waals surface area (Å²) in [5.41, 5.74) is 0.813. The molecule has 0 aliphatic carbocycles. The van der Waals surface area contributed by atoms with Gasteiger partial charge >= 0.3 is 5.97 Å². The number of ether oxygens (including phenoxy) is 1. The smallest absolute Gasteiger partial charge is 0.326 e. The molecule has 1 saturated heterocycles. The normalized spacial score (nSPS) is 22.6. The summed E-state index contributed by atoms with van der Waals surface area (Å²) in [7, 11) is 0. The Labute approximate surface area is 132 Å². The van der Waals surface area contributed by atoms with Crippen molar-refractivity contribution in [3.63, 3.8) is 0 Å². The van der Waals surface area contributed by atoms with Crippen LogP contribution < -0.4 is 5.32 Å². The molecule has 7 heteroatoms. The maximum atomic E-state index is 12.4. The number of carboxylic acids is 1. The van der Waals surface area contributed by atoms with Crippen LogP contribution in [0, 0.1) is 5.92 Å². The molecule has 3 atom stereocenters. The lowest BCUT2D eigenvalue weighted by atomic mass is 9.88. The minimum atomic E-state index is -2.80. The molecular formula is C16H19F2NO4. The first-order valence-corrected chi connectivity index (χ1v) is 7.47. The van der Waals surface area contributed by atoms with Gasteiger partial charge in [-0.25, -0.2) is 13.6 Å². The van der Waals surface area contributed by atoms with Crippen molar-refractivity contribution in [1.82, 2.24) is 5.32 Å². The Morgan fingerprint density at radius 3 is 2.61 bits per heavy atom. The number of carbonyl (C=O) groups is 2. The summed E-state index contributed by atoms with van der Waals surface area (Å²) in [5.74, 6) is -2.62. The molecule has 1 aliphatic heterocycles. The third-order valence-electron chi connectivity index (χ3n) is 3.82. The van der Waals surface area contributed by atoms with Gasteiger partial charge in [0.1, 0.15) is 6.04 Å². The predicted molar refractivity (Wildman–Crippen MR) is 78.0 cm³/mol. The number of amides is 1. The zero-order chi connectivity index (χ0) is 16.8. The van der Waals surface area contributed by atoms with Gasteiger partial charge in [-0.15, -0.1) is 0 Å². The van der Waals surface area contributed by atoms with Crippen molar-refractivity contribution in [2.75, 3.05) is 6.61 Å². The summed E-state index contributed by atoms with van der Waals surface area (Å²) in [6.45, 7) is 0.503. The van der Waals surface area contributed by atoms with E-state index in [9.17, 15) is 18.4 Å². The van der Waals surface area contributed by atoms with Crippen LogP contribution in [0.3, 0.4) is 0 Å². The molecule has 2 rings (SSSR count). The summed E-state index contributed by atoms with van der Waals surface area (Å²) in [5, 5.41) is 11.2. The Kier molecular flexibility index (Phi) is 6.04. The van der Waals surface area contributed by atoms with Crippen LogP contribution in [-0.2, 0) is 14.3 Å². The zero-order valence-corrected chi connectivity index (χ0v) is 12.5. The molecule has 0 radical (unpaired) electrons. The fourth-order valence-corrected chi connectivity index (χ4v) is 2.70. The number of hydrogen-bond donors (Lipinski definition) is 2. The number of carbonyl (C=O) groups excluding carboxylic acids is 1. The average molecular weight is 327 g/mol. The Bertz CT molecular complexity index is 538. The quantitative estimate of drug-likeness (QED) is 0.841. The summed E-state index contributed by atoms with van der Waals surface area (Å²) < 4.78 is 30.5. The molecule has 126 valence electrons. The van der Waals surface area contributed by atoms with Gasteiger partial charge in [0.25, 0.3) is 0 Å². The highest BCUT2D eigenvalue weighted by Crippen LogP contribution is 2.33. The zero-order valence-electron chi connectivity index (χ0n) is 12.5. The van der Waals surface area contributed by atoms with Crippen LogP contribution in [-0.4, -0.2) is 36.1 Å². The molecule has 3 unspecified atom stereocenters. The molecule has 5 nitrogen and oxygen atoms in total. The molecular weight excluding hydrogens is 308 g/mol. The number of hydrogen-bond acceptors (Lipinski definition) is 3. The SMILES string of the molecule is O=C(O)C(CC(F)F)NC(=O)C1CCCOC1c1ccccc1. The van der Waals surface area contributed by atoms with E-state index >= 15 is 0 Å². The topological polar surface area (TPSA) is 75.6 Å². The molecule has 1 aliphatic rings. The van der Waals surface area contributed by atoms with E-state index in [1.807, 2.05) is 30.3 Å². The van der Waals surface area contributed by atoms with Gasteiger partial charge in [-0.2, -0.15) is 0 Å². The largest absolute Gasteiger partial charge is 0.480 e. The molecule has 23 heavy (non-hydrogen) atoms. The number of alkyl halides is 2. The van der Waals surface area contributed by atoms with E-state index in [0.717, 1.165) is 5.56 Å². The van der Waals surface area contributed by atoms with Crippen LogP contribution in [0.15, 0.2) is 30.3 Å². The summed E-state index contributed by atoms with van der Waals surface area (Å²) in [6, 6.07) is 7.53. The predicted octanol–water partition coefficient (Wildman–Crippen LogP) is 2.38. The molecule has 1 aromatic carbocycles. The van der Waals surface area contributed by atoms with Crippen LogP contribution >= 0.6 is 0 Å². The van der Waals surface area contributed by atoms with Gasteiger partial charge in [0, 0.05) is 13.0 Å². The first-order valence-electron chi connectivity index (χ1n) is 7.47. The van der Waals surface area contributed by atoms with Crippen molar-refractivity contribution in [2.24, 2.45) is 5.92 Å². The van der Waals surface area contributed by atoms with Gasteiger partial charge in [-0.1, -0.05) is 30.3 Å². The van der Waals surface area contributed by atoms with E-state index in [2.05, 4.69) is 5.32 Å². The Morgan fingerprint density at radius 1 is 1.30 bits per heavy atom. The third-order valence-corrected chi connectivity index (χ3v) is 3.82. The first kappa shape index (κ1) is 17.3. The Morgan fingerprint density at radius 2 is 2.00 bits per heavy atom. The maximum absolute atomic E-state index is 12.4. The van der Waals surface area contributed by atoms with Gasteiger partial charge in [0.2, 0.25) is 12.3 Å². The van der Waals surface area contributed by atoms with E-state index in [-0.39, 0.29) is 0 Å². The third kappa shape index (κ3) is 4.72. The second-order valence-corrected chi connectivity index (χ2v) is 5.48. The molecule has 0 spiro atoms. The molecule has 2 N–H and O–H groups in total. The number of rotatable bonds is 6. The van der Waals surface area contributed by atoms with E-state index in [4.69, 9.17) is 9.84 Å². The second kappa shape index (κ2) is 8.01. The summed E-state index contributed by atoms with van der Waals surface area (Å²) in [6.07, 6.45) is -3.03. The van der Waals surface area contributed by atoms with Crippen LogP contribution in [0.4, 0.5) is 8.78 Å². The minimum absolute atomic E-state index is 0.494. The van der Waals surface area contributed by atoms with Crippen LogP contribution in [0.2, 0.25) is 0 Å². The fourth-order valence-electron chi connectivity index (χ4n) is 2.70. The van der Waals surface area contributed by atoms with Crippen LogP contribution in [0.25, 0.3) is 0 Å². The highest BCUT2D eigenvalue weighted by molar-refractivity contribution is 5.85. The molecule has 1 amide bonds. The fraction of sp³-hybridized carbons (Fsp3) is 0.500. The van der Waals surface area contributed by atoms with Crippen LogP contribution in [0.5, 0.6) is 0 Å². The maximum Gasteiger partial charge on any atom is 0.326 e. The van der Waals surface area contributed by atoms with Crippen molar-refractivity contribution < 1.29 is 28.2 Å². The number of aliphatic carboxylic acids is 1. The van der Waals surface area contributed by atoms with Crippen molar-refractivity contribution in [1.29, 1.82) is 0 Å².